The van der Waals surface area contributed by atoms with Crippen LogP contribution in [0.4, 0.5) is 5.00 Å². The van der Waals surface area contributed by atoms with Gasteiger partial charge in [0.25, 0.3) is 0 Å². The Balaban J connectivity index is 0.00000196. The van der Waals surface area contributed by atoms with E-state index in [1.807, 2.05) is 42.5 Å². The summed E-state index contributed by atoms with van der Waals surface area (Å²) in [5.41, 5.74) is 0. The zero-order valence-corrected chi connectivity index (χ0v) is 16.6. The number of nitrogens with zero attached hydrogens (tertiary/aromatic N) is 1. The molecule has 0 amide bonds. The molecule has 4 rings (SSSR count). The van der Waals surface area contributed by atoms with Crippen LogP contribution in [0.15, 0.2) is 48.5 Å². The Kier molecular flexibility index (Phi) is 6.28. The Hall–Kier alpha value is -1.91. The van der Waals surface area contributed by atoms with E-state index in [4.69, 9.17) is 9.47 Å². The molecule has 1 saturated heterocycles. The number of halogens is 1. The third kappa shape index (κ3) is 3.76. The second-order valence-corrected chi connectivity index (χ2v) is 7.29. The van der Waals surface area contributed by atoms with E-state index < -0.39 is 0 Å². The van der Waals surface area contributed by atoms with Gasteiger partial charge in [-0.2, -0.15) is 0 Å². The second kappa shape index (κ2) is 8.65. The normalized spacial score (nSPS) is 14.1. The minimum atomic E-state index is 0. The van der Waals surface area contributed by atoms with Crippen LogP contribution in [0, 0.1) is 0 Å². The minimum Gasteiger partial charge on any atom is -0.490 e. The summed E-state index contributed by atoms with van der Waals surface area (Å²) in [7, 11) is 0. The van der Waals surface area contributed by atoms with Crippen LogP contribution in [0.1, 0.15) is 26.2 Å². The van der Waals surface area contributed by atoms with Gasteiger partial charge in [0.1, 0.15) is 5.00 Å². The third-order valence-corrected chi connectivity index (χ3v) is 5.75. The summed E-state index contributed by atoms with van der Waals surface area (Å²) in [6, 6.07) is 16.4. The van der Waals surface area contributed by atoms with Gasteiger partial charge in [-0.25, -0.2) is 0 Å². The first-order valence-electron chi connectivity index (χ1n) is 9.03. The van der Waals surface area contributed by atoms with E-state index in [-0.39, 0.29) is 12.4 Å². The number of piperidine rings is 1. The molecule has 1 aromatic heterocycles. The number of thiophene rings is 1. The summed E-state index contributed by atoms with van der Waals surface area (Å²) in [5, 5.41) is 2.42. The molecule has 2 aromatic carbocycles. The fourth-order valence-corrected chi connectivity index (χ4v) is 4.51. The predicted octanol–water partition coefficient (Wildman–Crippen LogP) is 6.50. The quantitative estimate of drug-likeness (QED) is 0.496. The smallest absolute Gasteiger partial charge is 0.169 e. The van der Waals surface area contributed by atoms with E-state index >= 15 is 0 Å². The first-order valence-corrected chi connectivity index (χ1v) is 9.84. The van der Waals surface area contributed by atoms with Gasteiger partial charge in [0.15, 0.2) is 17.2 Å². The van der Waals surface area contributed by atoms with Crippen molar-refractivity contribution in [2.24, 2.45) is 0 Å². The van der Waals surface area contributed by atoms with Gasteiger partial charge in [0, 0.05) is 23.2 Å². The molecule has 0 unspecified atom stereocenters. The van der Waals surface area contributed by atoms with Gasteiger partial charge in [0.2, 0.25) is 0 Å². The highest BCUT2D eigenvalue weighted by Crippen LogP contribution is 2.48. The average molecular weight is 390 g/mol. The zero-order chi connectivity index (χ0) is 17.1. The number of hydrogen-bond donors (Lipinski definition) is 0. The molecule has 3 nitrogen and oxygen atoms in total. The summed E-state index contributed by atoms with van der Waals surface area (Å²) in [6.07, 6.45) is 3.83. The lowest BCUT2D eigenvalue weighted by Crippen LogP contribution is -2.28. The topological polar surface area (TPSA) is 21.7 Å². The first kappa shape index (κ1) is 18.9. The Morgan fingerprint density at radius 1 is 0.923 bits per heavy atom. The molecular weight excluding hydrogens is 366 g/mol. The molecule has 1 aliphatic rings. The van der Waals surface area contributed by atoms with E-state index in [1.54, 1.807) is 0 Å². The van der Waals surface area contributed by atoms with Crippen molar-refractivity contribution in [2.75, 3.05) is 24.6 Å². The van der Waals surface area contributed by atoms with Crippen molar-refractivity contribution in [2.45, 2.75) is 26.2 Å². The fraction of sp³-hybridized carbons (Fsp3) is 0.333. The summed E-state index contributed by atoms with van der Waals surface area (Å²) < 4.78 is 13.5. The van der Waals surface area contributed by atoms with Crippen LogP contribution in [0.3, 0.4) is 0 Å². The van der Waals surface area contributed by atoms with Crippen molar-refractivity contribution < 1.29 is 9.47 Å². The second-order valence-electron chi connectivity index (χ2n) is 6.26. The number of rotatable bonds is 5. The molecule has 2 heterocycles. The fourth-order valence-electron chi connectivity index (χ4n) is 3.33. The molecule has 0 aliphatic carbocycles. The van der Waals surface area contributed by atoms with Gasteiger partial charge < -0.3 is 14.4 Å². The molecule has 0 N–H and O–H groups in total. The molecule has 0 bridgehead atoms. The Morgan fingerprint density at radius 3 is 2.38 bits per heavy atom. The third-order valence-electron chi connectivity index (χ3n) is 4.54. The number of benzene rings is 2. The predicted molar refractivity (Wildman–Crippen MR) is 113 cm³/mol. The highest BCUT2D eigenvalue weighted by Gasteiger charge is 2.22. The molecule has 0 radical (unpaired) electrons. The summed E-state index contributed by atoms with van der Waals surface area (Å²) in [5.74, 6) is 2.55. The number of hydrogen-bond acceptors (Lipinski definition) is 4. The van der Waals surface area contributed by atoms with E-state index in [0.717, 1.165) is 30.3 Å². The summed E-state index contributed by atoms with van der Waals surface area (Å²) in [4.78, 5) is 2.48. The molecule has 3 aromatic rings. The molecule has 1 fully saturated rings. The SMILES string of the molecule is CCOc1ccccc1Oc1c(N2CCCCC2)sc2ccccc12.Cl. The van der Waals surface area contributed by atoms with Crippen LogP contribution in [-0.4, -0.2) is 19.7 Å². The molecule has 0 spiro atoms. The maximum absolute atomic E-state index is 6.44. The van der Waals surface area contributed by atoms with Crippen LogP contribution in [0.25, 0.3) is 10.1 Å². The summed E-state index contributed by atoms with van der Waals surface area (Å²) in [6.45, 7) is 4.84. The maximum atomic E-state index is 6.44. The Bertz CT molecular complexity index is 858. The zero-order valence-electron chi connectivity index (χ0n) is 14.9. The van der Waals surface area contributed by atoms with E-state index in [1.165, 1.54) is 34.3 Å². The van der Waals surface area contributed by atoms with Gasteiger partial charge in [-0.1, -0.05) is 24.3 Å². The largest absolute Gasteiger partial charge is 0.490 e. The number of anilines is 1. The number of ether oxygens (including phenoxy) is 2. The highest BCUT2D eigenvalue weighted by molar-refractivity contribution is 7.23. The molecule has 0 atom stereocenters. The maximum Gasteiger partial charge on any atom is 0.169 e. The van der Waals surface area contributed by atoms with E-state index in [0.29, 0.717) is 6.61 Å². The first-order chi connectivity index (χ1) is 12.4. The van der Waals surface area contributed by atoms with Gasteiger partial charge >= 0.3 is 0 Å². The van der Waals surface area contributed by atoms with Gasteiger partial charge in [0.05, 0.1) is 6.61 Å². The highest BCUT2D eigenvalue weighted by atomic mass is 35.5. The molecule has 5 heteroatoms. The van der Waals surface area contributed by atoms with E-state index in [2.05, 4.69) is 29.2 Å². The molecule has 26 heavy (non-hydrogen) atoms. The van der Waals surface area contributed by atoms with E-state index in [9.17, 15) is 0 Å². The van der Waals surface area contributed by atoms with Crippen LogP contribution < -0.4 is 14.4 Å². The molecule has 1 aliphatic heterocycles. The molecule has 138 valence electrons. The van der Waals surface area contributed by atoms with Crippen LogP contribution in [0.2, 0.25) is 0 Å². The van der Waals surface area contributed by atoms with Crippen molar-refractivity contribution in [3.63, 3.8) is 0 Å². The molecular formula is C21H24ClNO2S. The van der Waals surface area contributed by atoms with Crippen molar-refractivity contribution in [1.29, 1.82) is 0 Å². The monoisotopic (exact) mass is 389 g/mol. The van der Waals surface area contributed by atoms with Crippen LogP contribution >= 0.6 is 23.7 Å². The van der Waals surface area contributed by atoms with Crippen LogP contribution in [-0.2, 0) is 0 Å². The Labute approximate surface area is 164 Å². The van der Waals surface area contributed by atoms with Gasteiger partial charge in [-0.3, -0.25) is 0 Å². The standard InChI is InChI=1S/C21H23NO2S.ClH/c1-2-23-17-11-5-6-12-18(17)24-20-16-10-4-7-13-19(16)25-21(20)22-14-8-3-9-15-22;/h4-7,10-13H,2-3,8-9,14-15H2,1H3;1H. The van der Waals surface area contributed by atoms with Crippen molar-refractivity contribution in [3.05, 3.63) is 48.5 Å². The van der Waals surface area contributed by atoms with Crippen molar-refractivity contribution >= 4 is 38.8 Å². The van der Waals surface area contributed by atoms with Gasteiger partial charge in [-0.15, -0.1) is 23.7 Å². The lowest BCUT2D eigenvalue weighted by atomic mass is 10.1. The number of fused-ring (bicyclic) bond motifs is 1. The average Bonchev–Trinajstić information content (AvgIpc) is 3.03. The lowest BCUT2D eigenvalue weighted by Gasteiger charge is -2.28. The molecule has 0 saturated carbocycles. The lowest BCUT2D eigenvalue weighted by molar-refractivity contribution is 0.322. The van der Waals surface area contributed by atoms with Crippen molar-refractivity contribution in [3.8, 4) is 17.2 Å². The Morgan fingerprint density at radius 2 is 1.62 bits per heavy atom. The van der Waals surface area contributed by atoms with Crippen molar-refractivity contribution in [1.82, 2.24) is 0 Å². The van der Waals surface area contributed by atoms with Crippen LogP contribution in [0.5, 0.6) is 17.2 Å². The van der Waals surface area contributed by atoms with Gasteiger partial charge in [-0.05, 0) is 50.5 Å². The number of para-hydroxylation sites is 2. The summed E-state index contributed by atoms with van der Waals surface area (Å²) >= 11 is 1.83. The minimum absolute atomic E-state index is 0.